The monoisotopic (exact) mass is 1050 g/mol. The van der Waals surface area contributed by atoms with Crippen LogP contribution >= 0.6 is 0 Å². The fraction of sp³-hybridized carbons (Fsp3) is 0.246. The number of aromatic nitrogens is 3. The van der Waals surface area contributed by atoms with Crippen LogP contribution in [0.1, 0.15) is 99.9 Å². The van der Waals surface area contributed by atoms with Crippen LogP contribution in [-0.2, 0) is 37.3 Å². The Morgan fingerprint density at radius 1 is 0.545 bits per heavy atom. The number of pyridine rings is 1. The average Bonchev–Trinajstić information content (AvgIpc) is 3.64. The van der Waals surface area contributed by atoms with Gasteiger partial charge in [0.2, 0.25) is 0 Å². The zero-order valence-corrected chi connectivity index (χ0v) is 42.7. The topological polar surface area (TPSA) is 50.9 Å². The standard InChI is InChI=1S/C61H60N3O.Pt/c1-37-29-39(3)55(40(4)30-37)43-34-50(42-32-38(2)31-41(33-42)48-19-16-20-49-52(27-28-62-56(48)49)61(11,12)45-17-14-13-15-18-45)57-53(35-43)64(47-24-21-44(22-25-47)59(5,6)7)58(63-57)51-36-46(60(8,9)10)23-26-54(51)65;/h13-32,34-36,65H,1-12H3;/q-1;. The average molecular weight is 1050 g/mol. The van der Waals surface area contributed by atoms with Gasteiger partial charge in [-0.05, 0) is 118 Å². The maximum atomic E-state index is 11.8. The minimum absolute atomic E-state index is 0. The van der Waals surface area contributed by atoms with Gasteiger partial charge in [-0.1, -0.05) is 164 Å². The molecule has 0 bridgehead atoms. The minimum Gasteiger partial charge on any atom is -0.507 e. The third-order valence-corrected chi connectivity index (χ3v) is 13.4. The van der Waals surface area contributed by atoms with Gasteiger partial charge in [0.25, 0.3) is 0 Å². The summed E-state index contributed by atoms with van der Waals surface area (Å²) in [6.45, 7) is 26.7. The van der Waals surface area contributed by atoms with Crippen molar-refractivity contribution in [2.24, 2.45) is 0 Å². The molecule has 5 heteroatoms. The van der Waals surface area contributed by atoms with Gasteiger partial charge in [0.15, 0.2) is 0 Å². The Morgan fingerprint density at radius 3 is 1.82 bits per heavy atom. The van der Waals surface area contributed by atoms with Gasteiger partial charge in [-0.25, -0.2) is 4.98 Å². The molecule has 0 aliphatic rings. The summed E-state index contributed by atoms with van der Waals surface area (Å²) in [5, 5.41) is 12.9. The van der Waals surface area contributed by atoms with Gasteiger partial charge in [-0.3, -0.25) is 9.55 Å². The zero-order chi connectivity index (χ0) is 46.2. The molecule has 4 nitrogen and oxygen atoms in total. The van der Waals surface area contributed by atoms with Crippen molar-refractivity contribution in [2.45, 2.75) is 99.3 Å². The minimum atomic E-state index is -0.245. The Labute approximate surface area is 406 Å². The van der Waals surface area contributed by atoms with Crippen molar-refractivity contribution < 1.29 is 26.2 Å². The Kier molecular flexibility index (Phi) is 12.2. The Balaban J connectivity index is 0.00000592. The summed E-state index contributed by atoms with van der Waals surface area (Å²) in [5.41, 5.74) is 19.9. The Morgan fingerprint density at radius 2 is 1.17 bits per heavy atom. The van der Waals surface area contributed by atoms with Crippen molar-refractivity contribution in [2.75, 3.05) is 0 Å². The number of para-hydroxylation sites is 1. The van der Waals surface area contributed by atoms with Gasteiger partial charge in [-0.15, -0.1) is 34.9 Å². The van der Waals surface area contributed by atoms with E-state index in [4.69, 9.17) is 9.97 Å². The number of hydrogen-bond donors (Lipinski definition) is 1. The molecule has 2 aromatic heterocycles. The molecule has 9 rings (SSSR count). The molecule has 2 heterocycles. The summed E-state index contributed by atoms with van der Waals surface area (Å²) in [6.07, 6.45) is 1.95. The number of nitrogens with zero attached hydrogens (tertiary/aromatic N) is 3. The second-order valence-corrected chi connectivity index (χ2v) is 20.8. The SMILES string of the molecule is Cc1cc(-c2cccc3c(C(C)(C)c4ccccc4)ccnc23)[c-]c(-c2cc(-c3c(C)cc(C)cc3C)cc3c2nc(-c2cc(C(C)(C)C)ccc2O)n3-c2ccc(C(C)(C)C)cc2)c1.[Pt]. The molecule has 0 aliphatic carbocycles. The third kappa shape index (κ3) is 8.46. The quantitative estimate of drug-likeness (QED) is 0.162. The molecule has 0 fully saturated rings. The van der Waals surface area contributed by atoms with Crippen LogP contribution in [0.3, 0.4) is 0 Å². The van der Waals surface area contributed by atoms with E-state index in [0.29, 0.717) is 11.4 Å². The maximum absolute atomic E-state index is 11.8. The van der Waals surface area contributed by atoms with Crippen molar-refractivity contribution >= 4 is 21.9 Å². The second-order valence-electron chi connectivity index (χ2n) is 20.8. The molecule has 0 amide bonds. The summed E-state index contributed by atoms with van der Waals surface area (Å²) in [5.74, 6) is 0.873. The van der Waals surface area contributed by atoms with Crippen molar-refractivity contribution in [3.8, 4) is 56.2 Å². The van der Waals surface area contributed by atoms with Crippen LogP contribution in [0.15, 0.2) is 140 Å². The fourth-order valence-corrected chi connectivity index (χ4v) is 9.85. The number of aryl methyl sites for hydroxylation is 4. The molecule has 0 spiro atoms. The number of phenols is 1. The molecule has 66 heavy (non-hydrogen) atoms. The van der Waals surface area contributed by atoms with E-state index in [0.717, 1.165) is 66.6 Å². The van der Waals surface area contributed by atoms with Crippen LogP contribution in [-0.4, -0.2) is 19.6 Å². The first-order valence-electron chi connectivity index (χ1n) is 22.9. The molecule has 0 saturated heterocycles. The van der Waals surface area contributed by atoms with E-state index in [1.165, 1.54) is 38.9 Å². The van der Waals surface area contributed by atoms with Crippen molar-refractivity contribution in [3.05, 3.63) is 190 Å². The molecule has 7 aromatic carbocycles. The number of imidazole rings is 1. The van der Waals surface area contributed by atoms with Gasteiger partial charge in [0.05, 0.1) is 16.6 Å². The largest absolute Gasteiger partial charge is 0.507 e. The number of fused-ring (bicyclic) bond motifs is 2. The molecule has 336 valence electrons. The molecule has 0 atom stereocenters. The fourth-order valence-electron chi connectivity index (χ4n) is 9.85. The zero-order valence-electron chi connectivity index (χ0n) is 40.4. The number of hydrogen-bond acceptors (Lipinski definition) is 3. The van der Waals surface area contributed by atoms with Crippen LogP contribution in [0.2, 0.25) is 0 Å². The van der Waals surface area contributed by atoms with Crippen molar-refractivity contribution in [1.82, 2.24) is 14.5 Å². The van der Waals surface area contributed by atoms with Gasteiger partial charge in [0.1, 0.15) is 11.6 Å². The number of aromatic hydroxyl groups is 1. The Bertz CT molecular complexity index is 3270. The first kappa shape index (κ1) is 46.4. The summed E-state index contributed by atoms with van der Waals surface area (Å²) in [7, 11) is 0. The third-order valence-electron chi connectivity index (χ3n) is 13.4. The van der Waals surface area contributed by atoms with Gasteiger partial charge >= 0.3 is 0 Å². The summed E-state index contributed by atoms with van der Waals surface area (Å²) in [4.78, 5) is 10.7. The first-order valence-corrected chi connectivity index (χ1v) is 22.9. The van der Waals surface area contributed by atoms with Gasteiger partial charge in [0, 0.05) is 43.9 Å². The first-order chi connectivity index (χ1) is 30.8. The summed E-state index contributed by atoms with van der Waals surface area (Å²) < 4.78 is 2.25. The van der Waals surface area contributed by atoms with E-state index in [1.54, 1.807) is 0 Å². The van der Waals surface area contributed by atoms with Crippen molar-refractivity contribution in [3.63, 3.8) is 0 Å². The summed E-state index contributed by atoms with van der Waals surface area (Å²) in [6, 6.07) is 51.8. The predicted molar refractivity (Wildman–Crippen MR) is 274 cm³/mol. The van der Waals surface area contributed by atoms with E-state index in [2.05, 4.69) is 215 Å². The molecule has 1 N–H and O–H groups in total. The van der Waals surface area contributed by atoms with E-state index in [1.807, 2.05) is 18.3 Å². The number of phenolic OH excluding ortho intramolecular Hbond substituents is 1. The van der Waals surface area contributed by atoms with E-state index in [9.17, 15) is 5.11 Å². The van der Waals surface area contributed by atoms with Gasteiger partial charge < -0.3 is 5.11 Å². The van der Waals surface area contributed by atoms with E-state index in [-0.39, 0.29) is 43.1 Å². The van der Waals surface area contributed by atoms with E-state index < -0.39 is 0 Å². The van der Waals surface area contributed by atoms with Crippen LogP contribution in [0, 0.1) is 33.8 Å². The smallest absolute Gasteiger partial charge is 0.148 e. The van der Waals surface area contributed by atoms with Gasteiger partial charge in [-0.2, -0.15) is 0 Å². The molecular formula is C61H60N3OPt-. The van der Waals surface area contributed by atoms with Crippen LogP contribution in [0.25, 0.3) is 72.4 Å². The second kappa shape index (κ2) is 17.3. The summed E-state index contributed by atoms with van der Waals surface area (Å²) >= 11 is 0. The van der Waals surface area contributed by atoms with Crippen molar-refractivity contribution in [1.29, 1.82) is 0 Å². The maximum Gasteiger partial charge on any atom is 0.148 e. The molecule has 0 radical (unpaired) electrons. The normalized spacial score (nSPS) is 12.2. The molecule has 0 saturated carbocycles. The molecule has 0 aliphatic heterocycles. The van der Waals surface area contributed by atoms with Crippen LogP contribution < -0.4 is 0 Å². The van der Waals surface area contributed by atoms with Crippen LogP contribution in [0.4, 0.5) is 0 Å². The number of benzene rings is 7. The predicted octanol–water partition coefficient (Wildman–Crippen LogP) is 15.9. The molecular weight excluding hydrogens is 986 g/mol. The molecule has 0 unspecified atom stereocenters. The Hall–Kier alpha value is -6.09. The number of rotatable bonds is 7. The molecule has 9 aromatic rings. The van der Waals surface area contributed by atoms with E-state index >= 15 is 0 Å². The van der Waals surface area contributed by atoms with Crippen LogP contribution in [0.5, 0.6) is 5.75 Å².